The van der Waals surface area contributed by atoms with Crippen molar-refractivity contribution in [1.29, 1.82) is 0 Å². The Balaban J connectivity index is 1.80. The van der Waals surface area contributed by atoms with E-state index in [-0.39, 0.29) is 5.78 Å². The van der Waals surface area contributed by atoms with Crippen LogP contribution in [0.15, 0.2) is 12.2 Å². The number of carbonyl (C=O) groups is 1. The molecule has 5 atom stereocenters. The molecule has 100 valence electrons. The largest absolute Gasteiger partial charge is 0.297 e. The van der Waals surface area contributed by atoms with E-state index >= 15 is 0 Å². The molecule has 0 aromatic rings. The summed E-state index contributed by atoms with van der Waals surface area (Å²) < 4.78 is 27.4. The molecule has 4 aliphatic carbocycles. The van der Waals surface area contributed by atoms with Gasteiger partial charge in [-0.05, 0) is 42.9 Å². The number of hydrogen-bond donors (Lipinski definition) is 0. The lowest BCUT2D eigenvalue weighted by Gasteiger charge is -2.49. The predicted octanol–water partition coefficient (Wildman–Crippen LogP) is 1.52. The number of allylic oxidation sites excluding steroid dienone is 2. The highest BCUT2D eigenvalue weighted by Gasteiger charge is 2.54. The van der Waals surface area contributed by atoms with Crippen molar-refractivity contribution < 1.29 is 17.4 Å². The second-order valence-electron chi connectivity index (χ2n) is 5.79. The fourth-order valence-corrected chi connectivity index (χ4v) is 4.64. The van der Waals surface area contributed by atoms with Crippen molar-refractivity contribution in [3.63, 3.8) is 0 Å². The lowest BCUT2D eigenvalue weighted by molar-refractivity contribution is -0.126. The summed E-state index contributed by atoms with van der Waals surface area (Å²) in [4.78, 5) is 12.1. The molecular formula is C13H18O4S. The average Bonchev–Trinajstić information content (AvgIpc) is 2.66. The molecule has 3 unspecified atom stereocenters. The van der Waals surface area contributed by atoms with Crippen molar-refractivity contribution in [1.82, 2.24) is 0 Å². The number of hydrogen-bond acceptors (Lipinski definition) is 4. The summed E-state index contributed by atoms with van der Waals surface area (Å²) in [7, 11) is -3.55. The van der Waals surface area contributed by atoms with Gasteiger partial charge >= 0.3 is 0 Å². The first-order valence-electron chi connectivity index (χ1n) is 6.51. The van der Waals surface area contributed by atoms with Crippen LogP contribution in [0, 0.1) is 23.7 Å². The minimum absolute atomic E-state index is 0.0256. The third-order valence-corrected chi connectivity index (χ3v) is 5.34. The molecule has 3 saturated carbocycles. The highest BCUT2D eigenvalue weighted by molar-refractivity contribution is 7.86. The Morgan fingerprint density at radius 3 is 2.28 bits per heavy atom. The zero-order valence-electron chi connectivity index (χ0n) is 10.4. The molecule has 0 heterocycles. The van der Waals surface area contributed by atoms with Gasteiger partial charge in [-0.2, -0.15) is 8.42 Å². The Hall–Kier alpha value is -0.680. The summed E-state index contributed by atoms with van der Waals surface area (Å²) in [6.45, 7) is 0. The van der Waals surface area contributed by atoms with Crippen molar-refractivity contribution in [2.45, 2.75) is 31.8 Å². The van der Waals surface area contributed by atoms with Gasteiger partial charge in [-0.25, -0.2) is 0 Å². The zero-order chi connectivity index (χ0) is 12.9. The summed E-state index contributed by atoms with van der Waals surface area (Å²) in [6, 6.07) is 0. The summed E-state index contributed by atoms with van der Waals surface area (Å²) in [6.07, 6.45) is 7.84. The van der Waals surface area contributed by atoms with E-state index in [1.165, 1.54) is 0 Å². The van der Waals surface area contributed by atoms with Crippen LogP contribution in [-0.4, -0.2) is 26.6 Å². The van der Waals surface area contributed by atoms with Crippen LogP contribution >= 0.6 is 0 Å². The molecule has 0 aliphatic heterocycles. The molecule has 0 radical (unpaired) electrons. The quantitative estimate of drug-likeness (QED) is 0.564. The van der Waals surface area contributed by atoms with Crippen LogP contribution in [0.1, 0.15) is 25.7 Å². The SMILES string of the molecule is CS(=O)(=O)OC1CC2[C@@H]3CC=CC[C@H]2C3CC1=O. The van der Waals surface area contributed by atoms with Crippen LogP contribution in [0.3, 0.4) is 0 Å². The van der Waals surface area contributed by atoms with Gasteiger partial charge in [0.25, 0.3) is 10.1 Å². The number of ketones is 1. The summed E-state index contributed by atoms with van der Waals surface area (Å²) in [5.41, 5.74) is 0. The van der Waals surface area contributed by atoms with Crippen molar-refractivity contribution >= 4 is 15.9 Å². The van der Waals surface area contributed by atoms with Crippen LogP contribution in [0.2, 0.25) is 0 Å². The molecule has 0 aromatic heterocycles. The first-order chi connectivity index (χ1) is 8.46. The van der Waals surface area contributed by atoms with E-state index in [1.54, 1.807) is 0 Å². The van der Waals surface area contributed by atoms with Gasteiger partial charge < -0.3 is 0 Å². The van der Waals surface area contributed by atoms with Gasteiger partial charge in [0.15, 0.2) is 5.78 Å². The maximum atomic E-state index is 12.1. The molecule has 4 bridgehead atoms. The van der Waals surface area contributed by atoms with Gasteiger partial charge in [0, 0.05) is 6.42 Å². The second kappa shape index (κ2) is 4.17. The highest BCUT2D eigenvalue weighted by Crippen LogP contribution is 2.57. The third-order valence-electron chi connectivity index (χ3n) is 4.76. The lowest BCUT2D eigenvalue weighted by atomic mass is 9.55. The van der Waals surface area contributed by atoms with Crippen LogP contribution in [0.5, 0.6) is 0 Å². The molecule has 3 fully saturated rings. The summed E-state index contributed by atoms with van der Waals surface area (Å²) >= 11 is 0. The molecule has 0 spiro atoms. The fraction of sp³-hybridized carbons (Fsp3) is 0.769. The van der Waals surface area contributed by atoms with Crippen molar-refractivity contribution in [2.24, 2.45) is 23.7 Å². The molecule has 0 aromatic carbocycles. The van der Waals surface area contributed by atoms with Gasteiger partial charge in [-0.15, -0.1) is 0 Å². The predicted molar refractivity (Wildman–Crippen MR) is 66.3 cm³/mol. The van der Waals surface area contributed by atoms with Crippen molar-refractivity contribution in [3.05, 3.63) is 12.2 Å². The Bertz CT molecular complexity index is 477. The minimum atomic E-state index is -3.55. The van der Waals surface area contributed by atoms with Gasteiger partial charge in [-0.1, -0.05) is 12.2 Å². The van der Waals surface area contributed by atoms with E-state index in [2.05, 4.69) is 12.2 Å². The molecule has 18 heavy (non-hydrogen) atoms. The Morgan fingerprint density at radius 1 is 1.11 bits per heavy atom. The fourth-order valence-electron chi connectivity index (χ4n) is 4.03. The topological polar surface area (TPSA) is 60.4 Å². The lowest BCUT2D eigenvalue weighted by Crippen LogP contribution is -2.44. The number of carbonyl (C=O) groups excluding carboxylic acids is 1. The molecule has 0 saturated heterocycles. The van der Waals surface area contributed by atoms with Gasteiger partial charge in [0.1, 0.15) is 6.10 Å². The molecule has 4 aliphatic rings. The summed E-state index contributed by atoms with van der Waals surface area (Å²) in [5.74, 6) is 2.01. The van der Waals surface area contributed by atoms with Gasteiger partial charge in [0.2, 0.25) is 0 Å². The second-order valence-corrected chi connectivity index (χ2v) is 7.39. The number of rotatable bonds is 2. The summed E-state index contributed by atoms with van der Waals surface area (Å²) in [5, 5.41) is 0. The van der Waals surface area contributed by atoms with Crippen molar-refractivity contribution in [2.75, 3.05) is 6.26 Å². The van der Waals surface area contributed by atoms with E-state index in [0.29, 0.717) is 36.5 Å². The standard InChI is InChI=1S/C13H18O4S/c1-18(15,16)17-13-7-11-8-4-2-3-5-9(11)10(8)6-12(13)14/h2-3,8-11,13H,4-7H2,1H3/t8-,9+,10?,11?,13?. The third kappa shape index (κ3) is 2.03. The Morgan fingerprint density at radius 2 is 1.72 bits per heavy atom. The number of Topliss-reactive ketones (excluding diaryl/α,β-unsaturated/α-hetero) is 1. The number of fused-ring (bicyclic) bond motifs is 3. The van der Waals surface area contributed by atoms with Crippen molar-refractivity contribution in [3.8, 4) is 0 Å². The van der Waals surface area contributed by atoms with Gasteiger partial charge in [0.05, 0.1) is 6.26 Å². The van der Waals surface area contributed by atoms with E-state index in [9.17, 15) is 13.2 Å². The molecule has 4 nitrogen and oxygen atoms in total. The van der Waals surface area contributed by atoms with E-state index in [4.69, 9.17) is 4.18 Å². The molecule has 0 N–H and O–H groups in total. The van der Waals surface area contributed by atoms with Gasteiger partial charge in [-0.3, -0.25) is 8.98 Å². The first kappa shape index (κ1) is 12.4. The maximum Gasteiger partial charge on any atom is 0.265 e. The highest BCUT2D eigenvalue weighted by atomic mass is 32.2. The monoisotopic (exact) mass is 270 g/mol. The van der Waals surface area contributed by atoms with Crippen LogP contribution < -0.4 is 0 Å². The van der Waals surface area contributed by atoms with E-state index < -0.39 is 16.2 Å². The molecule has 0 amide bonds. The molecular weight excluding hydrogens is 252 g/mol. The smallest absolute Gasteiger partial charge is 0.265 e. The van der Waals surface area contributed by atoms with E-state index in [1.807, 2.05) is 0 Å². The average molecular weight is 270 g/mol. The van der Waals surface area contributed by atoms with E-state index in [0.717, 1.165) is 19.1 Å². The minimum Gasteiger partial charge on any atom is -0.297 e. The van der Waals surface area contributed by atoms with Crippen LogP contribution in [-0.2, 0) is 19.1 Å². The Kier molecular flexibility index (Phi) is 2.86. The molecule has 4 rings (SSSR count). The van der Waals surface area contributed by atoms with Crippen LogP contribution in [0.4, 0.5) is 0 Å². The first-order valence-corrected chi connectivity index (χ1v) is 8.33. The molecule has 5 heteroatoms. The Labute approximate surface area is 108 Å². The maximum absolute atomic E-state index is 12.1. The zero-order valence-corrected chi connectivity index (χ0v) is 11.2. The van der Waals surface area contributed by atoms with Crippen LogP contribution in [0.25, 0.3) is 0 Å². The normalized spacial score (nSPS) is 42.9.